The zero-order valence-electron chi connectivity index (χ0n) is 11.6. The van der Waals surface area contributed by atoms with Gasteiger partial charge in [-0.05, 0) is 32.6 Å². The lowest BCUT2D eigenvalue weighted by Crippen LogP contribution is -2.30. The van der Waals surface area contributed by atoms with E-state index in [1.165, 1.54) is 19.3 Å². The van der Waals surface area contributed by atoms with E-state index < -0.39 is 0 Å². The van der Waals surface area contributed by atoms with Gasteiger partial charge < -0.3 is 10.2 Å². The molecule has 0 unspecified atom stereocenters. The van der Waals surface area contributed by atoms with Gasteiger partial charge in [-0.15, -0.1) is 0 Å². The van der Waals surface area contributed by atoms with Gasteiger partial charge in [0, 0.05) is 32.1 Å². The first kappa shape index (κ1) is 13.1. The SMILES string of the molecule is CCCc1nc(NCC)cc(N2CCCCC2)n1. The van der Waals surface area contributed by atoms with Crippen LogP contribution >= 0.6 is 0 Å². The van der Waals surface area contributed by atoms with Crippen LogP contribution in [0.3, 0.4) is 0 Å². The molecule has 1 N–H and O–H groups in total. The molecule has 2 rings (SSSR count). The van der Waals surface area contributed by atoms with E-state index in [-0.39, 0.29) is 0 Å². The molecule has 1 aliphatic heterocycles. The molecule has 0 amide bonds. The summed E-state index contributed by atoms with van der Waals surface area (Å²) in [6.45, 7) is 7.44. The van der Waals surface area contributed by atoms with Gasteiger partial charge in [0.05, 0.1) is 0 Å². The Kier molecular flexibility index (Phi) is 4.79. The van der Waals surface area contributed by atoms with Crippen molar-refractivity contribution in [2.45, 2.75) is 46.0 Å². The molecule has 0 saturated carbocycles. The average molecular weight is 248 g/mol. The van der Waals surface area contributed by atoms with Crippen LogP contribution in [0.15, 0.2) is 6.07 Å². The highest BCUT2D eigenvalue weighted by Gasteiger charge is 2.14. The van der Waals surface area contributed by atoms with E-state index in [1.807, 2.05) is 0 Å². The predicted molar refractivity (Wildman–Crippen MR) is 76.3 cm³/mol. The summed E-state index contributed by atoms with van der Waals surface area (Å²) in [6.07, 6.45) is 5.96. The molecule has 1 aromatic rings. The van der Waals surface area contributed by atoms with Gasteiger partial charge in [-0.25, -0.2) is 9.97 Å². The molecule has 1 saturated heterocycles. The van der Waals surface area contributed by atoms with Crippen molar-refractivity contribution in [2.24, 2.45) is 0 Å². The fourth-order valence-corrected chi connectivity index (χ4v) is 2.38. The Morgan fingerprint density at radius 3 is 2.61 bits per heavy atom. The monoisotopic (exact) mass is 248 g/mol. The van der Waals surface area contributed by atoms with Crippen molar-refractivity contribution in [3.8, 4) is 0 Å². The van der Waals surface area contributed by atoms with Crippen molar-refractivity contribution in [3.63, 3.8) is 0 Å². The van der Waals surface area contributed by atoms with Gasteiger partial charge in [0.1, 0.15) is 17.5 Å². The summed E-state index contributed by atoms with van der Waals surface area (Å²) in [7, 11) is 0. The number of hydrogen-bond acceptors (Lipinski definition) is 4. The first-order valence-electron chi connectivity index (χ1n) is 7.20. The van der Waals surface area contributed by atoms with E-state index in [9.17, 15) is 0 Å². The molecule has 4 nitrogen and oxygen atoms in total. The van der Waals surface area contributed by atoms with Crippen LogP contribution in [0.5, 0.6) is 0 Å². The van der Waals surface area contributed by atoms with Crippen LogP contribution in [0.25, 0.3) is 0 Å². The third kappa shape index (κ3) is 3.34. The van der Waals surface area contributed by atoms with E-state index in [0.29, 0.717) is 0 Å². The summed E-state index contributed by atoms with van der Waals surface area (Å²) in [5, 5.41) is 3.31. The maximum atomic E-state index is 4.70. The highest BCUT2D eigenvalue weighted by molar-refractivity contribution is 5.49. The third-order valence-corrected chi connectivity index (χ3v) is 3.27. The molecule has 0 aromatic carbocycles. The highest BCUT2D eigenvalue weighted by atomic mass is 15.2. The Hall–Kier alpha value is -1.32. The molecular weight excluding hydrogens is 224 g/mol. The Labute approximate surface area is 110 Å². The zero-order chi connectivity index (χ0) is 12.8. The van der Waals surface area contributed by atoms with Crippen LogP contribution < -0.4 is 10.2 Å². The van der Waals surface area contributed by atoms with Gasteiger partial charge in [0.25, 0.3) is 0 Å². The van der Waals surface area contributed by atoms with Gasteiger partial charge >= 0.3 is 0 Å². The minimum absolute atomic E-state index is 0.905. The van der Waals surface area contributed by atoms with E-state index in [2.05, 4.69) is 35.1 Å². The summed E-state index contributed by atoms with van der Waals surface area (Å²) in [5.41, 5.74) is 0. The third-order valence-electron chi connectivity index (χ3n) is 3.27. The summed E-state index contributed by atoms with van der Waals surface area (Å²) in [5.74, 6) is 3.04. The van der Waals surface area contributed by atoms with Crippen molar-refractivity contribution in [1.82, 2.24) is 9.97 Å². The minimum Gasteiger partial charge on any atom is -0.370 e. The lowest BCUT2D eigenvalue weighted by molar-refractivity contribution is 0.572. The van der Waals surface area contributed by atoms with Crippen molar-refractivity contribution in [3.05, 3.63) is 11.9 Å². The number of nitrogens with zero attached hydrogens (tertiary/aromatic N) is 3. The van der Waals surface area contributed by atoms with Crippen molar-refractivity contribution < 1.29 is 0 Å². The van der Waals surface area contributed by atoms with Crippen LogP contribution in [0, 0.1) is 0 Å². The lowest BCUT2D eigenvalue weighted by atomic mass is 10.1. The number of anilines is 2. The number of nitrogens with one attached hydrogen (secondary N) is 1. The zero-order valence-corrected chi connectivity index (χ0v) is 11.6. The van der Waals surface area contributed by atoms with Gasteiger partial charge in [0.15, 0.2) is 0 Å². The van der Waals surface area contributed by atoms with E-state index >= 15 is 0 Å². The van der Waals surface area contributed by atoms with Crippen LogP contribution in [0.1, 0.15) is 45.4 Å². The molecule has 2 heterocycles. The molecule has 0 bridgehead atoms. The van der Waals surface area contributed by atoms with E-state index in [0.717, 1.165) is 49.9 Å². The Morgan fingerprint density at radius 2 is 1.94 bits per heavy atom. The first-order chi connectivity index (χ1) is 8.83. The maximum absolute atomic E-state index is 4.70. The quantitative estimate of drug-likeness (QED) is 0.870. The largest absolute Gasteiger partial charge is 0.370 e. The smallest absolute Gasteiger partial charge is 0.134 e. The van der Waals surface area contributed by atoms with Gasteiger partial charge in [-0.3, -0.25) is 0 Å². The fourth-order valence-electron chi connectivity index (χ4n) is 2.38. The van der Waals surface area contributed by atoms with Crippen molar-refractivity contribution >= 4 is 11.6 Å². The number of piperidine rings is 1. The fraction of sp³-hybridized carbons (Fsp3) is 0.714. The maximum Gasteiger partial charge on any atom is 0.134 e. The Morgan fingerprint density at radius 1 is 1.17 bits per heavy atom. The molecule has 100 valence electrons. The van der Waals surface area contributed by atoms with Gasteiger partial charge in [0.2, 0.25) is 0 Å². The van der Waals surface area contributed by atoms with Crippen molar-refractivity contribution in [1.29, 1.82) is 0 Å². The highest BCUT2D eigenvalue weighted by Crippen LogP contribution is 2.20. The molecule has 0 atom stereocenters. The predicted octanol–water partition coefficient (Wildman–Crippen LogP) is 2.85. The van der Waals surface area contributed by atoms with Crippen LogP contribution in [-0.2, 0) is 6.42 Å². The van der Waals surface area contributed by atoms with E-state index in [4.69, 9.17) is 4.98 Å². The molecular formula is C14H24N4. The second-order valence-electron chi connectivity index (χ2n) is 4.86. The Bertz CT molecular complexity index is 348. The topological polar surface area (TPSA) is 41.1 Å². The normalized spacial score (nSPS) is 15.8. The standard InChI is InChI=1S/C14H24N4/c1-3-8-12-16-13(15-4-2)11-14(17-12)18-9-6-5-7-10-18/h11H,3-10H2,1-2H3,(H,15,16,17). The van der Waals surface area contributed by atoms with Crippen LogP contribution in [0.4, 0.5) is 11.6 Å². The molecule has 4 heteroatoms. The number of aryl methyl sites for hydroxylation is 1. The summed E-state index contributed by atoms with van der Waals surface area (Å²) >= 11 is 0. The molecule has 18 heavy (non-hydrogen) atoms. The molecule has 0 radical (unpaired) electrons. The number of rotatable bonds is 5. The van der Waals surface area contributed by atoms with Crippen LogP contribution in [-0.4, -0.2) is 29.6 Å². The molecule has 1 fully saturated rings. The summed E-state index contributed by atoms with van der Waals surface area (Å²) < 4.78 is 0. The summed E-state index contributed by atoms with van der Waals surface area (Å²) in [6, 6.07) is 2.09. The Balaban J connectivity index is 2.20. The summed E-state index contributed by atoms with van der Waals surface area (Å²) in [4.78, 5) is 11.7. The molecule has 1 aromatic heterocycles. The second-order valence-corrected chi connectivity index (χ2v) is 4.86. The van der Waals surface area contributed by atoms with Gasteiger partial charge in [-0.1, -0.05) is 6.92 Å². The molecule has 0 spiro atoms. The van der Waals surface area contributed by atoms with E-state index in [1.54, 1.807) is 0 Å². The molecule has 0 aliphatic carbocycles. The van der Waals surface area contributed by atoms with Gasteiger partial charge in [-0.2, -0.15) is 0 Å². The minimum atomic E-state index is 0.905. The molecule has 1 aliphatic rings. The number of hydrogen-bond donors (Lipinski definition) is 1. The van der Waals surface area contributed by atoms with Crippen molar-refractivity contribution in [2.75, 3.05) is 29.9 Å². The first-order valence-corrected chi connectivity index (χ1v) is 7.20. The average Bonchev–Trinajstić information content (AvgIpc) is 2.40. The van der Waals surface area contributed by atoms with Crippen LogP contribution in [0.2, 0.25) is 0 Å². The lowest BCUT2D eigenvalue weighted by Gasteiger charge is -2.28. The number of aromatic nitrogens is 2. The second kappa shape index (κ2) is 6.57.